The molecule has 2 heterocycles. The highest BCUT2D eigenvalue weighted by molar-refractivity contribution is 5.91. The van der Waals surface area contributed by atoms with Crippen LogP contribution in [-0.2, 0) is 14.3 Å². The third-order valence-electron chi connectivity index (χ3n) is 9.30. The predicted molar refractivity (Wildman–Crippen MR) is 180 cm³/mol. The van der Waals surface area contributed by atoms with E-state index in [0.717, 1.165) is 108 Å². The van der Waals surface area contributed by atoms with Gasteiger partial charge in [0.15, 0.2) is 0 Å². The Morgan fingerprint density at radius 2 is 1.58 bits per heavy atom. The standard InChI is InChI=1S/C36H53N5O4/c1-4-38(2)35(43)30-16-13-23-41(28-30)22-12-6-9-19-34(42)39(3)26-27-40-24-20-31(21-25-40)45-36(44)37-33-18-11-10-17-32(33)29-14-7-5-8-15-29/h5,7-8,10-11,14-15,17-18,30-31H,4,6,9,12-13,16,19-28H2,1-3H3,(H,37,44). The van der Waals surface area contributed by atoms with E-state index < -0.39 is 6.09 Å². The third-order valence-corrected chi connectivity index (χ3v) is 9.30. The summed E-state index contributed by atoms with van der Waals surface area (Å²) < 4.78 is 5.77. The molecule has 2 fully saturated rings. The van der Waals surface area contributed by atoms with Crippen molar-refractivity contribution in [1.29, 1.82) is 0 Å². The van der Waals surface area contributed by atoms with E-state index in [1.807, 2.05) is 85.4 Å². The van der Waals surface area contributed by atoms with E-state index in [1.165, 1.54) is 0 Å². The number of nitrogens with zero attached hydrogens (tertiary/aromatic N) is 4. The number of ether oxygens (including phenoxy) is 1. The molecule has 0 aromatic heterocycles. The van der Waals surface area contributed by atoms with E-state index in [-0.39, 0.29) is 23.8 Å². The molecule has 1 atom stereocenters. The van der Waals surface area contributed by atoms with Gasteiger partial charge in [0.1, 0.15) is 6.10 Å². The molecule has 0 spiro atoms. The molecule has 9 nitrogen and oxygen atoms in total. The Morgan fingerprint density at radius 1 is 0.844 bits per heavy atom. The number of hydrogen-bond acceptors (Lipinski definition) is 6. The number of likely N-dealkylation sites (tertiary alicyclic amines) is 2. The quantitative estimate of drug-likeness (QED) is 0.278. The van der Waals surface area contributed by atoms with Crippen LogP contribution < -0.4 is 5.32 Å². The molecule has 3 amide bonds. The Hall–Kier alpha value is -3.43. The fraction of sp³-hybridized carbons (Fsp3) is 0.583. The van der Waals surface area contributed by atoms with Gasteiger partial charge in [-0.1, -0.05) is 55.0 Å². The fourth-order valence-corrected chi connectivity index (χ4v) is 6.33. The maximum Gasteiger partial charge on any atom is 0.411 e. The Bertz CT molecular complexity index is 1220. The summed E-state index contributed by atoms with van der Waals surface area (Å²) in [5, 5.41) is 2.94. The maximum atomic E-state index is 12.7. The van der Waals surface area contributed by atoms with Crippen LogP contribution in [0.15, 0.2) is 54.6 Å². The van der Waals surface area contributed by atoms with Gasteiger partial charge in [0.05, 0.1) is 11.6 Å². The number of piperidine rings is 2. The zero-order valence-electron chi connectivity index (χ0n) is 27.6. The molecule has 2 aliphatic rings. The molecule has 4 rings (SSSR count). The third kappa shape index (κ3) is 10.9. The molecule has 1 N–H and O–H groups in total. The second kappa shape index (κ2) is 17.9. The van der Waals surface area contributed by atoms with Crippen LogP contribution in [0.2, 0.25) is 0 Å². The van der Waals surface area contributed by atoms with Crippen molar-refractivity contribution in [3.63, 3.8) is 0 Å². The first kappa shape index (κ1) is 34.4. The number of para-hydroxylation sites is 1. The molecule has 2 aromatic carbocycles. The van der Waals surface area contributed by atoms with Crippen LogP contribution >= 0.6 is 0 Å². The predicted octanol–water partition coefficient (Wildman–Crippen LogP) is 5.58. The second-order valence-corrected chi connectivity index (χ2v) is 12.6. The van der Waals surface area contributed by atoms with Crippen molar-refractivity contribution < 1.29 is 19.1 Å². The van der Waals surface area contributed by atoms with Crippen LogP contribution in [0, 0.1) is 5.92 Å². The molecule has 0 aliphatic carbocycles. The van der Waals surface area contributed by atoms with Crippen molar-refractivity contribution in [3.05, 3.63) is 54.6 Å². The average molecular weight is 620 g/mol. The van der Waals surface area contributed by atoms with Crippen LogP contribution in [0.4, 0.5) is 10.5 Å². The lowest BCUT2D eigenvalue weighted by molar-refractivity contribution is -0.135. The van der Waals surface area contributed by atoms with E-state index in [1.54, 1.807) is 0 Å². The minimum absolute atomic E-state index is 0.113. The molecule has 1 unspecified atom stereocenters. The van der Waals surface area contributed by atoms with E-state index in [0.29, 0.717) is 13.0 Å². The minimum atomic E-state index is -0.419. The van der Waals surface area contributed by atoms with Gasteiger partial charge in [-0.2, -0.15) is 0 Å². The summed E-state index contributed by atoms with van der Waals surface area (Å²) in [6.07, 6.45) is 6.69. The monoisotopic (exact) mass is 619 g/mol. The number of unbranched alkanes of at least 4 members (excludes halogenated alkanes) is 2. The molecule has 2 saturated heterocycles. The van der Waals surface area contributed by atoms with Crippen LogP contribution in [0.5, 0.6) is 0 Å². The number of rotatable bonds is 14. The first-order valence-corrected chi connectivity index (χ1v) is 16.9. The zero-order chi connectivity index (χ0) is 32.0. The lowest BCUT2D eigenvalue weighted by Gasteiger charge is -2.33. The van der Waals surface area contributed by atoms with Crippen molar-refractivity contribution >= 4 is 23.6 Å². The molecule has 45 heavy (non-hydrogen) atoms. The SMILES string of the molecule is CCN(C)C(=O)C1CCCN(CCCCCC(=O)N(C)CCN2CCC(OC(=O)Nc3ccccc3-c3ccccc3)CC2)C1. The molecular formula is C36H53N5O4. The first-order chi connectivity index (χ1) is 21.8. The highest BCUT2D eigenvalue weighted by atomic mass is 16.6. The maximum absolute atomic E-state index is 12.7. The van der Waals surface area contributed by atoms with Gasteiger partial charge in [0.25, 0.3) is 0 Å². The van der Waals surface area contributed by atoms with E-state index >= 15 is 0 Å². The van der Waals surface area contributed by atoms with Crippen molar-refractivity contribution in [2.45, 2.75) is 64.4 Å². The Morgan fingerprint density at radius 3 is 2.33 bits per heavy atom. The summed E-state index contributed by atoms with van der Waals surface area (Å²) in [6.45, 7) is 8.95. The topological polar surface area (TPSA) is 85.4 Å². The normalized spacial score (nSPS) is 17.9. The fourth-order valence-electron chi connectivity index (χ4n) is 6.33. The number of hydrogen-bond donors (Lipinski definition) is 1. The van der Waals surface area contributed by atoms with Crippen LogP contribution in [0.1, 0.15) is 58.3 Å². The van der Waals surface area contributed by atoms with Crippen molar-refractivity contribution in [3.8, 4) is 11.1 Å². The molecule has 9 heteroatoms. The zero-order valence-corrected chi connectivity index (χ0v) is 27.6. The summed E-state index contributed by atoms with van der Waals surface area (Å²) in [7, 11) is 3.79. The van der Waals surface area contributed by atoms with Crippen LogP contribution in [0.25, 0.3) is 11.1 Å². The van der Waals surface area contributed by atoms with E-state index in [4.69, 9.17) is 4.74 Å². The van der Waals surface area contributed by atoms with Gasteiger partial charge in [-0.25, -0.2) is 4.79 Å². The molecule has 2 aliphatic heterocycles. The number of benzene rings is 2. The number of amides is 3. The van der Waals surface area contributed by atoms with Gasteiger partial charge in [0, 0.05) is 65.3 Å². The molecule has 2 aromatic rings. The molecule has 246 valence electrons. The molecular weight excluding hydrogens is 566 g/mol. The van der Waals surface area contributed by atoms with Gasteiger partial charge >= 0.3 is 6.09 Å². The highest BCUT2D eigenvalue weighted by Gasteiger charge is 2.27. The summed E-state index contributed by atoms with van der Waals surface area (Å²) >= 11 is 0. The number of carbonyl (C=O) groups excluding carboxylic acids is 3. The number of anilines is 1. The van der Waals surface area contributed by atoms with Crippen molar-refractivity contribution in [2.75, 3.05) is 71.8 Å². The van der Waals surface area contributed by atoms with Crippen molar-refractivity contribution in [2.24, 2.45) is 5.92 Å². The largest absolute Gasteiger partial charge is 0.446 e. The van der Waals surface area contributed by atoms with Gasteiger partial charge in [-0.05, 0) is 70.2 Å². The lowest BCUT2D eigenvalue weighted by atomic mass is 9.96. The number of likely N-dealkylation sites (N-methyl/N-ethyl adjacent to an activating group) is 1. The van der Waals surface area contributed by atoms with Crippen molar-refractivity contribution in [1.82, 2.24) is 19.6 Å². The first-order valence-electron chi connectivity index (χ1n) is 16.9. The average Bonchev–Trinajstić information content (AvgIpc) is 3.07. The van der Waals surface area contributed by atoms with Crippen LogP contribution in [0.3, 0.4) is 0 Å². The van der Waals surface area contributed by atoms with Gasteiger partial charge in [-0.15, -0.1) is 0 Å². The summed E-state index contributed by atoms with van der Waals surface area (Å²) in [5.74, 6) is 0.606. The second-order valence-electron chi connectivity index (χ2n) is 12.6. The van der Waals surface area contributed by atoms with E-state index in [2.05, 4.69) is 15.1 Å². The minimum Gasteiger partial charge on any atom is -0.446 e. The number of carbonyl (C=O) groups is 3. The van der Waals surface area contributed by atoms with Gasteiger partial charge in [0.2, 0.25) is 11.8 Å². The highest BCUT2D eigenvalue weighted by Crippen LogP contribution is 2.28. The summed E-state index contributed by atoms with van der Waals surface area (Å²) in [6, 6.07) is 17.8. The van der Waals surface area contributed by atoms with Gasteiger partial charge < -0.3 is 24.3 Å². The summed E-state index contributed by atoms with van der Waals surface area (Å²) in [5.41, 5.74) is 2.74. The van der Waals surface area contributed by atoms with E-state index in [9.17, 15) is 14.4 Å². The lowest BCUT2D eigenvalue weighted by Crippen LogP contribution is -2.43. The Kier molecular flexibility index (Phi) is 13.7. The summed E-state index contributed by atoms with van der Waals surface area (Å²) in [4.78, 5) is 46.4. The van der Waals surface area contributed by atoms with Gasteiger partial charge in [-0.3, -0.25) is 14.9 Å². The molecule has 0 radical (unpaired) electrons. The molecule has 0 bridgehead atoms. The smallest absolute Gasteiger partial charge is 0.411 e. The van der Waals surface area contributed by atoms with Crippen LogP contribution in [-0.4, -0.2) is 110 Å². The number of nitrogens with one attached hydrogen (secondary N) is 1. The molecule has 0 saturated carbocycles. The Balaban J connectivity index is 1.06. The Labute approximate surface area is 269 Å².